The summed E-state index contributed by atoms with van der Waals surface area (Å²) in [5, 5.41) is 0. The van der Waals surface area contributed by atoms with E-state index in [9.17, 15) is 4.79 Å². The fourth-order valence-corrected chi connectivity index (χ4v) is 1.02. The molecule has 1 unspecified atom stereocenters. The van der Waals surface area contributed by atoms with Gasteiger partial charge in [-0.15, -0.1) is 6.42 Å². The molecule has 0 aromatic carbocycles. The molecule has 0 heterocycles. The SMILES string of the molecule is C#CCN(C)C(=O)CC(C)COC. The molecule has 0 spiro atoms. The van der Waals surface area contributed by atoms with E-state index in [2.05, 4.69) is 5.92 Å². The first-order valence-electron chi connectivity index (χ1n) is 4.28. The molecule has 3 nitrogen and oxygen atoms in total. The molecule has 0 radical (unpaired) electrons. The van der Waals surface area contributed by atoms with Gasteiger partial charge in [0.25, 0.3) is 0 Å². The summed E-state index contributed by atoms with van der Waals surface area (Å²) in [6.45, 7) is 2.96. The predicted molar refractivity (Wildman–Crippen MR) is 52.1 cm³/mol. The molecule has 0 rings (SSSR count). The first-order chi connectivity index (χ1) is 6.11. The number of methoxy groups -OCH3 is 1. The zero-order valence-corrected chi connectivity index (χ0v) is 8.54. The molecule has 3 heteroatoms. The van der Waals surface area contributed by atoms with E-state index in [1.165, 1.54) is 0 Å². The van der Waals surface area contributed by atoms with Crippen LogP contribution >= 0.6 is 0 Å². The molecule has 0 aliphatic heterocycles. The van der Waals surface area contributed by atoms with Gasteiger partial charge in [-0.2, -0.15) is 0 Å². The summed E-state index contributed by atoms with van der Waals surface area (Å²) in [5.41, 5.74) is 0. The monoisotopic (exact) mass is 183 g/mol. The van der Waals surface area contributed by atoms with E-state index in [0.29, 0.717) is 19.6 Å². The molecule has 0 saturated carbocycles. The first kappa shape index (κ1) is 12.0. The van der Waals surface area contributed by atoms with Crippen molar-refractivity contribution < 1.29 is 9.53 Å². The van der Waals surface area contributed by atoms with E-state index in [0.717, 1.165) is 0 Å². The Morgan fingerprint density at radius 3 is 2.77 bits per heavy atom. The number of carbonyl (C=O) groups is 1. The van der Waals surface area contributed by atoms with Gasteiger partial charge in [0.1, 0.15) is 0 Å². The second kappa shape index (κ2) is 6.50. The Bertz CT molecular complexity index is 196. The van der Waals surface area contributed by atoms with E-state index in [1.54, 1.807) is 19.1 Å². The van der Waals surface area contributed by atoms with Crippen molar-refractivity contribution >= 4 is 5.91 Å². The summed E-state index contributed by atoms with van der Waals surface area (Å²) in [6.07, 6.45) is 5.58. The third-order valence-electron chi connectivity index (χ3n) is 1.73. The van der Waals surface area contributed by atoms with E-state index in [1.807, 2.05) is 6.92 Å². The van der Waals surface area contributed by atoms with Crippen LogP contribution in [0.1, 0.15) is 13.3 Å². The maximum Gasteiger partial charge on any atom is 0.223 e. The third kappa shape index (κ3) is 5.26. The van der Waals surface area contributed by atoms with E-state index < -0.39 is 0 Å². The van der Waals surface area contributed by atoms with Crippen LogP contribution in [-0.4, -0.2) is 38.1 Å². The predicted octanol–water partition coefficient (Wildman–Crippen LogP) is 0.751. The molecular formula is C10H17NO2. The topological polar surface area (TPSA) is 29.5 Å². The number of carbonyl (C=O) groups excluding carboxylic acids is 1. The van der Waals surface area contributed by atoms with Crippen LogP contribution < -0.4 is 0 Å². The summed E-state index contributed by atoms with van der Waals surface area (Å²) in [4.78, 5) is 12.9. The number of rotatable bonds is 5. The lowest BCUT2D eigenvalue weighted by molar-refractivity contribution is -0.130. The standard InChI is InChI=1S/C10H17NO2/c1-5-6-11(3)10(12)7-9(2)8-13-4/h1,9H,6-8H2,2-4H3. The fourth-order valence-electron chi connectivity index (χ4n) is 1.02. The van der Waals surface area contributed by atoms with Crippen LogP contribution in [0.15, 0.2) is 0 Å². The van der Waals surface area contributed by atoms with E-state index >= 15 is 0 Å². The Hall–Kier alpha value is -1.01. The second-order valence-corrected chi connectivity index (χ2v) is 3.22. The molecule has 0 saturated heterocycles. The van der Waals surface area contributed by atoms with Gasteiger partial charge in [0, 0.05) is 27.2 Å². The summed E-state index contributed by atoms with van der Waals surface area (Å²) < 4.78 is 4.93. The Labute approximate surface area is 80.1 Å². The Kier molecular flexibility index (Phi) is 5.99. The summed E-state index contributed by atoms with van der Waals surface area (Å²) in [7, 11) is 3.34. The molecule has 0 N–H and O–H groups in total. The summed E-state index contributed by atoms with van der Waals surface area (Å²) in [5.74, 6) is 2.75. The number of ether oxygens (including phenoxy) is 1. The van der Waals surface area contributed by atoms with Crippen molar-refractivity contribution in [2.45, 2.75) is 13.3 Å². The largest absolute Gasteiger partial charge is 0.384 e. The van der Waals surface area contributed by atoms with Crippen molar-refractivity contribution in [3.8, 4) is 12.3 Å². The number of terminal acetylenes is 1. The van der Waals surface area contributed by atoms with Crippen molar-refractivity contribution in [1.29, 1.82) is 0 Å². The normalized spacial score (nSPS) is 11.8. The molecule has 0 aromatic rings. The van der Waals surface area contributed by atoms with Crippen LogP contribution in [-0.2, 0) is 9.53 Å². The van der Waals surface area contributed by atoms with Gasteiger partial charge in [-0.05, 0) is 5.92 Å². The van der Waals surface area contributed by atoms with Crippen molar-refractivity contribution in [2.75, 3.05) is 27.3 Å². The minimum absolute atomic E-state index is 0.0718. The minimum Gasteiger partial charge on any atom is -0.384 e. The average molecular weight is 183 g/mol. The number of hydrogen-bond donors (Lipinski definition) is 0. The van der Waals surface area contributed by atoms with Crippen molar-refractivity contribution in [1.82, 2.24) is 4.90 Å². The fraction of sp³-hybridized carbons (Fsp3) is 0.700. The minimum atomic E-state index is 0.0718. The molecule has 0 aromatic heterocycles. The average Bonchev–Trinajstić information content (AvgIpc) is 2.05. The van der Waals surface area contributed by atoms with Crippen LogP contribution in [0.25, 0.3) is 0 Å². The molecule has 0 fully saturated rings. The highest BCUT2D eigenvalue weighted by Crippen LogP contribution is 2.04. The highest BCUT2D eigenvalue weighted by Gasteiger charge is 2.11. The number of hydrogen-bond acceptors (Lipinski definition) is 2. The van der Waals surface area contributed by atoms with Gasteiger partial charge in [0.15, 0.2) is 0 Å². The molecular weight excluding hydrogens is 166 g/mol. The van der Waals surface area contributed by atoms with Gasteiger partial charge < -0.3 is 9.64 Å². The maximum atomic E-state index is 11.4. The quantitative estimate of drug-likeness (QED) is 0.589. The second-order valence-electron chi connectivity index (χ2n) is 3.22. The van der Waals surface area contributed by atoms with E-state index in [4.69, 9.17) is 11.2 Å². The van der Waals surface area contributed by atoms with Crippen LogP contribution in [0.5, 0.6) is 0 Å². The van der Waals surface area contributed by atoms with Crippen molar-refractivity contribution in [3.05, 3.63) is 0 Å². The number of amides is 1. The Balaban J connectivity index is 3.79. The lowest BCUT2D eigenvalue weighted by Crippen LogP contribution is -2.29. The van der Waals surface area contributed by atoms with Crippen LogP contribution in [0, 0.1) is 18.3 Å². The third-order valence-corrected chi connectivity index (χ3v) is 1.73. The zero-order valence-electron chi connectivity index (χ0n) is 8.54. The zero-order chi connectivity index (χ0) is 10.3. The van der Waals surface area contributed by atoms with Gasteiger partial charge in [-0.25, -0.2) is 0 Å². The lowest BCUT2D eigenvalue weighted by Gasteiger charge is -2.16. The van der Waals surface area contributed by atoms with E-state index in [-0.39, 0.29) is 11.8 Å². The summed E-state index contributed by atoms with van der Waals surface area (Å²) in [6, 6.07) is 0. The Morgan fingerprint density at radius 2 is 2.31 bits per heavy atom. The van der Waals surface area contributed by atoms with Gasteiger partial charge in [0.2, 0.25) is 5.91 Å². The highest BCUT2D eigenvalue weighted by molar-refractivity contribution is 5.76. The van der Waals surface area contributed by atoms with Gasteiger partial charge in [-0.3, -0.25) is 4.79 Å². The summed E-state index contributed by atoms with van der Waals surface area (Å²) >= 11 is 0. The van der Waals surface area contributed by atoms with Crippen molar-refractivity contribution in [3.63, 3.8) is 0 Å². The van der Waals surface area contributed by atoms with Gasteiger partial charge in [-0.1, -0.05) is 12.8 Å². The molecule has 1 atom stereocenters. The molecule has 13 heavy (non-hydrogen) atoms. The Morgan fingerprint density at radius 1 is 1.69 bits per heavy atom. The molecule has 0 aliphatic rings. The number of nitrogens with zero attached hydrogens (tertiary/aromatic N) is 1. The molecule has 0 bridgehead atoms. The van der Waals surface area contributed by atoms with Crippen LogP contribution in [0.3, 0.4) is 0 Å². The smallest absolute Gasteiger partial charge is 0.223 e. The first-order valence-corrected chi connectivity index (χ1v) is 4.28. The highest BCUT2D eigenvalue weighted by atomic mass is 16.5. The van der Waals surface area contributed by atoms with Crippen molar-refractivity contribution in [2.24, 2.45) is 5.92 Å². The molecule has 74 valence electrons. The maximum absolute atomic E-state index is 11.4. The lowest BCUT2D eigenvalue weighted by atomic mass is 10.1. The van der Waals surface area contributed by atoms with Gasteiger partial charge >= 0.3 is 0 Å². The van der Waals surface area contributed by atoms with Gasteiger partial charge in [0.05, 0.1) is 6.54 Å². The molecule has 1 amide bonds. The van der Waals surface area contributed by atoms with Crippen LogP contribution in [0.4, 0.5) is 0 Å². The van der Waals surface area contributed by atoms with Crippen LogP contribution in [0.2, 0.25) is 0 Å². The molecule has 0 aliphatic carbocycles.